The maximum atomic E-state index is 9.37. The van der Waals surface area contributed by atoms with Gasteiger partial charge in [-0.15, -0.1) is 0 Å². The molecule has 2 aromatic carbocycles. The van der Waals surface area contributed by atoms with E-state index in [2.05, 4.69) is 31.9 Å². The second-order valence-corrected chi connectivity index (χ2v) is 6.16. The molecule has 0 atom stereocenters. The molecule has 19 heavy (non-hydrogen) atoms. The Bertz CT molecular complexity index is 588. The van der Waals surface area contributed by atoms with Crippen LogP contribution in [0.4, 0.5) is 0 Å². The van der Waals surface area contributed by atoms with Gasteiger partial charge in [0.15, 0.2) is 0 Å². The van der Waals surface area contributed by atoms with Crippen LogP contribution < -0.4 is 4.74 Å². The lowest BCUT2D eigenvalue weighted by Gasteiger charge is -2.13. The van der Waals surface area contributed by atoms with E-state index in [0.29, 0.717) is 17.4 Å². The van der Waals surface area contributed by atoms with E-state index in [1.54, 1.807) is 0 Å². The van der Waals surface area contributed by atoms with Crippen LogP contribution in [0.5, 0.6) is 5.75 Å². The number of halogens is 3. The van der Waals surface area contributed by atoms with Crippen LogP contribution in [0.25, 0.3) is 0 Å². The Morgan fingerprint density at radius 1 is 1.16 bits per heavy atom. The van der Waals surface area contributed by atoms with Gasteiger partial charge in [0.25, 0.3) is 0 Å². The second kappa shape index (κ2) is 6.75. The van der Waals surface area contributed by atoms with E-state index in [1.165, 1.54) is 0 Å². The van der Waals surface area contributed by atoms with Crippen molar-refractivity contribution in [1.29, 1.82) is 0 Å². The number of ether oxygens (including phenoxy) is 1. The molecule has 0 bridgehead atoms. The number of aliphatic hydroxyl groups is 1. The van der Waals surface area contributed by atoms with Crippen LogP contribution in [0.15, 0.2) is 45.3 Å². The van der Waals surface area contributed by atoms with Crippen molar-refractivity contribution in [2.45, 2.75) is 13.2 Å². The highest BCUT2D eigenvalue weighted by Gasteiger charge is 2.10. The smallest absolute Gasteiger partial charge is 0.139 e. The van der Waals surface area contributed by atoms with Crippen molar-refractivity contribution in [3.8, 4) is 5.75 Å². The topological polar surface area (TPSA) is 29.5 Å². The van der Waals surface area contributed by atoms with E-state index < -0.39 is 0 Å². The summed E-state index contributed by atoms with van der Waals surface area (Å²) in [6.45, 7) is 0.316. The van der Waals surface area contributed by atoms with Gasteiger partial charge in [-0.2, -0.15) is 0 Å². The molecule has 0 aromatic heterocycles. The van der Waals surface area contributed by atoms with Crippen molar-refractivity contribution in [3.05, 3.63) is 61.5 Å². The fourth-order valence-electron chi connectivity index (χ4n) is 1.67. The lowest BCUT2D eigenvalue weighted by atomic mass is 10.2. The number of aliphatic hydroxyl groups excluding tert-OH is 1. The number of hydrogen-bond donors (Lipinski definition) is 1. The summed E-state index contributed by atoms with van der Waals surface area (Å²) in [5.74, 6) is 0.644. The monoisotopic (exact) mass is 404 g/mol. The van der Waals surface area contributed by atoms with Gasteiger partial charge in [-0.3, -0.25) is 0 Å². The van der Waals surface area contributed by atoms with Crippen molar-refractivity contribution < 1.29 is 9.84 Å². The maximum Gasteiger partial charge on any atom is 0.139 e. The molecule has 0 aliphatic carbocycles. The molecule has 0 saturated heterocycles. The van der Waals surface area contributed by atoms with Crippen molar-refractivity contribution >= 4 is 43.5 Å². The summed E-state index contributed by atoms with van der Waals surface area (Å²) in [5.41, 5.74) is 1.70. The Kier molecular flexibility index (Phi) is 5.28. The normalized spacial score (nSPS) is 10.5. The minimum Gasteiger partial charge on any atom is -0.487 e. The van der Waals surface area contributed by atoms with Crippen molar-refractivity contribution in [1.82, 2.24) is 0 Å². The van der Waals surface area contributed by atoms with Crippen molar-refractivity contribution in [3.63, 3.8) is 0 Å². The van der Waals surface area contributed by atoms with Gasteiger partial charge in [-0.05, 0) is 45.8 Å². The highest BCUT2D eigenvalue weighted by Crippen LogP contribution is 2.33. The van der Waals surface area contributed by atoms with Crippen LogP contribution in [0.2, 0.25) is 5.02 Å². The summed E-state index contributed by atoms with van der Waals surface area (Å²) in [5, 5.41) is 10.0. The van der Waals surface area contributed by atoms with Crippen molar-refractivity contribution in [2.24, 2.45) is 0 Å². The highest BCUT2D eigenvalue weighted by atomic mass is 79.9. The van der Waals surface area contributed by atoms with E-state index in [-0.39, 0.29) is 6.61 Å². The Morgan fingerprint density at radius 3 is 2.63 bits per heavy atom. The molecule has 2 aromatic rings. The molecule has 0 radical (unpaired) electrons. The molecule has 0 unspecified atom stereocenters. The first kappa shape index (κ1) is 14.9. The first-order valence-corrected chi connectivity index (χ1v) is 7.52. The zero-order valence-electron chi connectivity index (χ0n) is 9.87. The van der Waals surface area contributed by atoms with Gasteiger partial charge in [-0.25, -0.2) is 0 Å². The Balaban J connectivity index is 2.19. The van der Waals surface area contributed by atoms with E-state index in [4.69, 9.17) is 16.3 Å². The van der Waals surface area contributed by atoms with Gasteiger partial charge in [0.1, 0.15) is 12.4 Å². The molecule has 0 amide bonds. The van der Waals surface area contributed by atoms with Gasteiger partial charge in [0.2, 0.25) is 0 Å². The van der Waals surface area contributed by atoms with Gasteiger partial charge in [0.05, 0.1) is 11.1 Å². The molecule has 5 heteroatoms. The molecular formula is C14H11Br2ClO2. The molecule has 0 fully saturated rings. The minimum atomic E-state index is -0.0804. The van der Waals surface area contributed by atoms with Crippen LogP contribution in [0.3, 0.4) is 0 Å². The van der Waals surface area contributed by atoms with E-state index in [1.807, 2.05) is 36.4 Å². The summed E-state index contributed by atoms with van der Waals surface area (Å²) >= 11 is 12.7. The molecule has 100 valence electrons. The lowest BCUT2D eigenvalue weighted by molar-refractivity contribution is 0.258. The third-order valence-electron chi connectivity index (χ3n) is 2.53. The summed E-state index contributed by atoms with van der Waals surface area (Å²) in [7, 11) is 0. The average Bonchev–Trinajstić information content (AvgIpc) is 2.37. The second-order valence-electron chi connectivity index (χ2n) is 3.95. The van der Waals surface area contributed by atoms with Gasteiger partial charge in [-0.1, -0.05) is 39.7 Å². The first-order valence-electron chi connectivity index (χ1n) is 5.56. The SMILES string of the molecule is OCc1cc(Br)cc(Br)c1OCc1cccc(Cl)c1. The molecule has 0 spiro atoms. The van der Waals surface area contributed by atoms with Gasteiger partial charge in [0, 0.05) is 15.1 Å². The van der Waals surface area contributed by atoms with E-state index >= 15 is 0 Å². The fraction of sp³-hybridized carbons (Fsp3) is 0.143. The van der Waals surface area contributed by atoms with Gasteiger partial charge >= 0.3 is 0 Å². The quantitative estimate of drug-likeness (QED) is 0.780. The van der Waals surface area contributed by atoms with Crippen LogP contribution in [-0.4, -0.2) is 5.11 Å². The highest BCUT2D eigenvalue weighted by molar-refractivity contribution is 9.11. The maximum absolute atomic E-state index is 9.37. The predicted molar refractivity (Wildman–Crippen MR) is 83.5 cm³/mol. The number of rotatable bonds is 4. The standard InChI is InChI=1S/C14H11Br2ClO2/c15-11-5-10(7-18)14(13(16)6-11)19-8-9-2-1-3-12(17)4-9/h1-6,18H,7-8H2. The van der Waals surface area contributed by atoms with Crippen LogP contribution >= 0.6 is 43.5 Å². The third-order valence-corrected chi connectivity index (χ3v) is 3.81. The fourth-order valence-corrected chi connectivity index (χ4v) is 3.32. The molecule has 0 aliphatic rings. The summed E-state index contributed by atoms with van der Waals surface area (Å²) in [6.07, 6.45) is 0. The number of benzene rings is 2. The summed E-state index contributed by atoms with van der Waals surface area (Å²) < 4.78 is 7.46. The predicted octanol–water partition coefficient (Wildman–Crippen LogP) is 4.94. The first-order chi connectivity index (χ1) is 9.10. The van der Waals surface area contributed by atoms with Crippen molar-refractivity contribution in [2.75, 3.05) is 0 Å². The minimum absolute atomic E-state index is 0.0804. The third kappa shape index (κ3) is 3.96. The Hall–Kier alpha value is -0.550. The summed E-state index contributed by atoms with van der Waals surface area (Å²) in [4.78, 5) is 0. The van der Waals surface area contributed by atoms with Crippen LogP contribution in [0, 0.1) is 0 Å². The molecule has 2 nitrogen and oxygen atoms in total. The Labute approximate surface area is 133 Å². The molecular weight excluding hydrogens is 395 g/mol. The van der Waals surface area contributed by atoms with Crippen LogP contribution in [0.1, 0.15) is 11.1 Å². The molecule has 2 rings (SSSR count). The van der Waals surface area contributed by atoms with E-state index in [0.717, 1.165) is 20.1 Å². The molecule has 0 heterocycles. The zero-order valence-corrected chi connectivity index (χ0v) is 13.8. The average molecular weight is 407 g/mol. The van der Waals surface area contributed by atoms with Crippen LogP contribution in [-0.2, 0) is 13.2 Å². The van der Waals surface area contributed by atoms with E-state index in [9.17, 15) is 5.11 Å². The molecule has 0 aliphatic heterocycles. The summed E-state index contributed by atoms with van der Waals surface area (Å²) in [6, 6.07) is 11.2. The Morgan fingerprint density at radius 2 is 1.95 bits per heavy atom. The zero-order chi connectivity index (χ0) is 13.8. The lowest BCUT2D eigenvalue weighted by Crippen LogP contribution is -2.00. The number of hydrogen-bond acceptors (Lipinski definition) is 2. The molecule has 1 N–H and O–H groups in total. The molecule has 0 saturated carbocycles. The largest absolute Gasteiger partial charge is 0.487 e. The van der Waals surface area contributed by atoms with Gasteiger partial charge < -0.3 is 9.84 Å².